The molecule has 3 aliphatic heterocycles. The Morgan fingerprint density at radius 1 is 1.21 bits per heavy atom. The van der Waals surface area contributed by atoms with Gasteiger partial charge in [0.25, 0.3) is 5.91 Å². The Bertz CT molecular complexity index is 809. The summed E-state index contributed by atoms with van der Waals surface area (Å²) in [4.78, 5) is 37.9. The molecule has 7 heteroatoms. The molecule has 0 bridgehead atoms. The maximum atomic E-state index is 12.7. The predicted molar refractivity (Wildman–Crippen MR) is 109 cm³/mol. The number of benzene rings is 1. The summed E-state index contributed by atoms with van der Waals surface area (Å²) in [6.07, 6.45) is 4.37. The van der Waals surface area contributed by atoms with Crippen LogP contribution in [0.3, 0.4) is 0 Å². The first kappa shape index (κ1) is 20.0. The summed E-state index contributed by atoms with van der Waals surface area (Å²) < 4.78 is 0. The van der Waals surface area contributed by atoms with Crippen molar-refractivity contribution in [2.75, 3.05) is 13.1 Å². The third-order valence-electron chi connectivity index (χ3n) is 6.38. The number of hydrogen-bond acceptors (Lipinski definition) is 5. The van der Waals surface area contributed by atoms with Gasteiger partial charge in [0.05, 0.1) is 0 Å². The number of carbonyl (C=O) groups excluding carboxylic acids is 3. The van der Waals surface area contributed by atoms with Crippen molar-refractivity contribution in [3.63, 3.8) is 0 Å². The summed E-state index contributed by atoms with van der Waals surface area (Å²) in [5.74, 6) is 0.0479. The normalized spacial score (nSPS) is 27.1. The standard InChI is InChI=1S/C22H30N4O3/c1-14-10-15(7-9-24-14)6-8-23-12-16-2-3-18-17(11-16)13-26(22(18)29)19-4-5-20(27)25-21(19)28/h2-3,11,14-15,19,23-24H,4-10,12-13H2,1H3,(H,25,27,28). The summed E-state index contributed by atoms with van der Waals surface area (Å²) in [7, 11) is 0. The van der Waals surface area contributed by atoms with E-state index in [0.717, 1.165) is 36.7 Å². The van der Waals surface area contributed by atoms with Gasteiger partial charge in [-0.05, 0) is 68.8 Å². The number of piperidine rings is 2. The van der Waals surface area contributed by atoms with Gasteiger partial charge in [-0.3, -0.25) is 19.7 Å². The van der Waals surface area contributed by atoms with Gasteiger partial charge in [-0.25, -0.2) is 0 Å². The topological polar surface area (TPSA) is 90.5 Å². The molecule has 3 heterocycles. The maximum Gasteiger partial charge on any atom is 0.255 e. The molecule has 1 aromatic carbocycles. The van der Waals surface area contributed by atoms with Crippen molar-refractivity contribution in [2.24, 2.45) is 5.92 Å². The summed E-state index contributed by atoms with van der Waals surface area (Å²) in [5, 5.41) is 9.37. The second kappa shape index (κ2) is 8.63. The molecule has 1 aromatic rings. The highest BCUT2D eigenvalue weighted by Gasteiger charge is 2.39. The number of carbonyl (C=O) groups is 3. The van der Waals surface area contributed by atoms with Crippen LogP contribution in [0.5, 0.6) is 0 Å². The Kier molecular flexibility index (Phi) is 5.96. The molecule has 0 spiro atoms. The van der Waals surface area contributed by atoms with E-state index in [1.165, 1.54) is 19.3 Å². The average molecular weight is 399 g/mol. The molecule has 3 N–H and O–H groups in total. The van der Waals surface area contributed by atoms with Crippen LogP contribution in [-0.2, 0) is 22.7 Å². The molecule has 3 aliphatic rings. The Hall–Kier alpha value is -2.25. The van der Waals surface area contributed by atoms with Crippen molar-refractivity contribution < 1.29 is 14.4 Å². The summed E-state index contributed by atoms with van der Waals surface area (Å²) in [5.41, 5.74) is 2.79. The zero-order valence-corrected chi connectivity index (χ0v) is 17.0. The van der Waals surface area contributed by atoms with E-state index in [9.17, 15) is 14.4 Å². The highest BCUT2D eigenvalue weighted by atomic mass is 16.2. The molecular weight excluding hydrogens is 368 g/mol. The zero-order valence-electron chi connectivity index (χ0n) is 17.0. The van der Waals surface area contributed by atoms with Crippen molar-refractivity contribution >= 4 is 17.7 Å². The fourth-order valence-electron chi connectivity index (χ4n) is 4.77. The minimum absolute atomic E-state index is 0.117. The first-order valence-corrected chi connectivity index (χ1v) is 10.7. The van der Waals surface area contributed by atoms with Crippen molar-refractivity contribution in [3.8, 4) is 0 Å². The fraction of sp³-hybridized carbons (Fsp3) is 0.591. The van der Waals surface area contributed by atoms with Crippen LogP contribution in [-0.4, -0.2) is 47.8 Å². The van der Waals surface area contributed by atoms with Crippen LogP contribution in [0.15, 0.2) is 18.2 Å². The highest BCUT2D eigenvalue weighted by molar-refractivity contribution is 6.05. The lowest BCUT2D eigenvalue weighted by atomic mass is 9.90. The minimum Gasteiger partial charge on any atom is -0.322 e. The molecule has 7 nitrogen and oxygen atoms in total. The number of nitrogens with zero attached hydrogens (tertiary/aromatic N) is 1. The molecule has 0 aromatic heterocycles. The number of hydrogen-bond donors (Lipinski definition) is 3. The van der Waals surface area contributed by atoms with E-state index >= 15 is 0 Å². The minimum atomic E-state index is -0.554. The Morgan fingerprint density at radius 2 is 2.07 bits per heavy atom. The Morgan fingerprint density at radius 3 is 2.86 bits per heavy atom. The van der Waals surface area contributed by atoms with Crippen molar-refractivity contribution in [1.29, 1.82) is 0 Å². The highest BCUT2D eigenvalue weighted by Crippen LogP contribution is 2.28. The SMILES string of the molecule is CC1CC(CCNCc2ccc3c(c2)CN(C2CCC(=O)NC2=O)C3=O)CCN1. The molecule has 0 aliphatic carbocycles. The van der Waals surface area contributed by atoms with Gasteiger partial charge in [0.1, 0.15) is 6.04 Å². The van der Waals surface area contributed by atoms with E-state index < -0.39 is 6.04 Å². The van der Waals surface area contributed by atoms with Gasteiger partial charge in [0, 0.05) is 31.1 Å². The second-order valence-corrected chi connectivity index (χ2v) is 8.60. The van der Waals surface area contributed by atoms with E-state index in [-0.39, 0.29) is 24.1 Å². The van der Waals surface area contributed by atoms with Gasteiger partial charge >= 0.3 is 0 Å². The smallest absolute Gasteiger partial charge is 0.255 e. The second-order valence-electron chi connectivity index (χ2n) is 8.60. The van der Waals surface area contributed by atoms with E-state index in [4.69, 9.17) is 0 Å². The number of amides is 3. The largest absolute Gasteiger partial charge is 0.322 e. The summed E-state index contributed by atoms with van der Waals surface area (Å²) in [6, 6.07) is 6.00. The summed E-state index contributed by atoms with van der Waals surface area (Å²) in [6.45, 7) is 5.58. The molecule has 3 amide bonds. The van der Waals surface area contributed by atoms with Crippen LogP contribution in [0, 0.1) is 5.92 Å². The number of fused-ring (bicyclic) bond motifs is 1. The van der Waals surface area contributed by atoms with Gasteiger partial charge in [-0.15, -0.1) is 0 Å². The molecule has 3 unspecified atom stereocenters. The quantitative estimate of drug-likeness (QED) is 0.497. The molecule has 4 rings (SSSR count). The molecule has 2 saturated heterocycles. The lowest BCUT2D eigenvalue weighted by Gasteiger charge is -2.29. The third kappa shape index (κ3) is 4.51. The monoisotopic (exact) mass is 398 g/mol. The van der Waals surface area contributed by atoms with E-state index in [0.29, 0.717) is 24.6 Å². The van der Waals surface area contributed by atoms with Gasteiger partial charge < -0.3 is 15.5 Å². The van der Waals surface area contributed by atoms with Gasteiger partial charge in [0.15, 0.2) is 0 Å². The molecule has 0 saturated carbocycles. The zero-order chi connectivity index (χ0) is 20.4. The van der Waals surface area contributed by atoms with Crippen molar-refractivity contribution in [2.45, 2.75) is 64.2 Å². The molecular formula is C22H30N4O3. The molecule has 0 radical (unpaired) electrons. The van der Waals surface area contributed by atoms with Gasteiger partial charge in [0.2, 0.25) is 11.8 Å². The molecule has 2 fully saturated rings. The van der Waals surface area contributed by atoms with Crippen LogP contribution in [0.1, 0.15) is 60.5 Å². The molecule has 29 heavy (non-hydrogen) atoms. The van der Waals surface area contributed by atoms with Crippen LogP contribution in [0.4, 0.5) is 0 Å². The predicted octanol–water partition coefficient (Wildman–Crippen LogP) is 1.32. The first-order valence-electron chi connectivity index (χ1n) is 10.7. The van der Waals surface area contributed by atoms with Crippen LogP contribution < -0.4 is 16.0 Å². The number of rotatable bonds is 6. The van der Waals surface area contributed by atoms with Gasteiger partial charge in [-0.1, -0.05) is 12.1 Å². The number of imide groups is 1. The molecule has 156 valence electrons. The van der Waals surface area contributed by atoms with Crippen LogP contribution in [0.25, 0.3) is 0 Å². The van der Waals surface area contributed by atoms with Crippen LogP contribution >= 0.6 is 0 Å². The van der Waals surface area contributed by atoms with E-state index in [2.05, 4.69) is 28.9 Å². The third-order valence-corrected chi connectivity index (χ3v) is 6.38. The lowest BCUT2D eigenvalue weighted by molar-refractivity contribution is -0.136. The summed E-state index contributed by atoms with van der Waals surface area (Å²) >= 11 is 0. The lowest BCUT2D eigenvalue weighted by Crippen LogP contribution is -2.52. The van der Waals surface area contributed by atoms with E-state index in [1.807, 2.05) is 12.1 Å². The van der Waals surface area contributed by atoms with Crippen LogP contribution in [0.2, 0.25) is 0 Å². The molecule has 3 atom stereocenters. The first-order chi connectivity index (χ1) is 14.0. The number of nitrogens with one attached hydrogen (secondary N) is 3. The maximum absolute atomic E-state index is 12.7. The average Bonchev–Trinajstić information content (AvgIpc) is 3.01. The van der Waals surface area contributed by atoms with Crippen molar-refractivity contribution in [1.82, 2.24) is 20.9 Å². The van der Waals surface area contributed by atoms with Gasteiger partial charge in [-0.2, -0.15) is 0 Å². The fourth-order valence-corrected chi connectivity index (χ4v) is 4.77. The van der Waals surface area contributed by atoms with Crippen molar-refractivity contribution in [3.05, 3.63) is 34.9 Å². The Labute approximate surface area is 171 Å². The Balaban J connectivity index is 1.30. The van der Waals surface area contributed by atoms with E-state index in [1.54, 1.807) is 4.90 Å².